The molecule has 0 aliphatic heterocycles. The van der Waals surface area contributed by atoms with Crippen LogP contribution in [-0.4, -0.2) is 10.2 Å². The SMILES string of the molecule is CC1CCc2[nH]nc(-c3cccc(F)c3)c2C1. The van der Waals surface area contributed by atoms with Gasteiger partial charge < -0.3 is 0 Å². The van der Waals surface area contributed by atoms with Gasteiger partial charge in [-0.25, -0.2) is 4.39 Å². The Bertz CT molecular complexity index is 545. The summed E-state index contributed by atoms with van der Waals surface area (Å²) < 4.78 is 13.2. The number of rotatable bonds is 1. The number of hydrogen-bond donors (Lipinski definition) is 1. The van der Waals surface area contributed by atoms with Gasteiger partial charge in [0, 0.05) is 16.8 Å². The molecule has 88 valence electrons. The Balaban J connectivity index is 2.07. The molecule has 0 saturated heterocycles. The zero-order chi connectivity index (χ0) is 11.8. The van der Waals surface area contributed by atoms with Crippen molar-refractivity contribution in [3.8, 4) is 11.3 Å². The summed E-state index contributed by atoms with van der Waals surface area (Å²) >= 11 is 0. The Morgan fingerprint density at radius 1 is 1.41 bits per heavy atom. The first-order valence-corrected chi connectivity index (χ1v) is 6.06. The van der Waals surface area contributed by atoms with Crippen LogP contribution in [0, 0.1) is 11.7 Å². The van der Waals surface area contributed by atoms with Crippen LogP contribution >= 0.6 is 0 Å². The minimum Gasteiger partial charge on any atom is -0.282 e. The third-order valence-corrected chi connectivity index (χ3v) is 3.49. The number of aromatic nitrogens is 2. The summed E-state index contributed by atoms with van der Waals surface area (Å²) in [7, 11) is 0. The fraction of sp³-hybridized carbons (Fsp3) is 0.357. The molecule has 3 heteroatoms. The molecule has 1 heterocycles. The Labute approximate surface area is 99.9 Å². The highest BCUT2D eigenvalue weighted by molar-refractivity contribution is 5.64. The molecule has 1 aliphatic carbocycles. The second-order valence-electron chi connectivity index (χ2n) is 4.89. The summed E-state index contributed by atoms with van der Waals surface area (Å²) in [6, 6.07) is 6.66. The Hall–Kier alpha value is -1.64. The van der Waals surface area contributed by atoms with Crippen molar-refractivity contribution >= 4 is 0 Å². The molecule has 0 fully saturated rings. The van der Waals surface area contributed by atoms with Crippen molar-refractivity contribution in [2.75, 3.05) is 0 Å². The smallest absolute Gasteiger partial charge is 0.123 e. The van der Waals surface area contributed by atoms with Crippen LogP contribution < -0.4 is 0 Å². The fourth-order valence-corrected chi connectivity index (χ4v) is 2.54. The van der Waals surface area contributed by atoms with Crippen molar-refractivity contribution in [1.29, 1.82) is 0 Å². The van der Waals surface area contributed by atoms with E-state index in [0.29, 0.717) is 5.92 Å². The molecule has 1 aliphatic rings. The van der Waals surface area contributed by atoms with Gasteiger partial charge in [0.1, 0.15) is 5.82 Å². The lowest BCUT2D eigenvalue weighted by atomic mass is 9.86. The first-order chi connectivity index (χ1) is 8.24. The minimum absolute atomic E-state index is 0.205. The molecule has 0 radical (unpaired) electrons. The van der Waals surface area contributed by atoms with Crippen molar-refractivity contribution in [3.05, 3.63) is 41.3 Å². The average Bonchev–Trinajstić information content (AvgIpc) is 2.71. The standard InChI is InChI=1S/C14H15FN2/c1-9-5-6-13-12(7-9)14(17-16-13)10-3-2-4-11(15)8-10/h2-4,8-9H,5-7H2,1H3,(H,16,17). The van der Waals surface area contributed by atoms with Crippen LogP contribution in [-0.2, 0) is 12.8 Å². The van der Waals surface area contributed by atoms with E-state index in [9.17, 15) is 4.39 Å². The first-order valence-electron chi connectivity index (χ1n) is 6.06. The molecule has 1 atom stereocenters. The Morgan fingerprint density at radius 3 is 3.12 bits per heavy atom. The number of nitrogens with zero attached hydrogens (tertiary/aromatic N) is 1. The predicted octanol–water partition coefficient (Wildman–Crippen LogP) is 3.34. The average molecular weight is 230 g/mol. The van der Waals surface area contributed by atoms with E-state index in [4.69, 9.17) is 0 Å². The van der Waals surface area contributed by atoms with Crippen LogP contribution in [0.4, 0.5) is 4.39 Å². The Morgan fingerprint density at radius 2 is 2.29 bits per heavy atom. The maximum Gasteiger partial charge on any atom is 0.123 e. The topological polar surface area (TPSA) is 28.7 Å². The van der Waals surface area contributed by atoms with E-state index in [1.807, 2.05) is 6.07 Å². The van der Waals surface area contributed by atoms with Crippen LogP contribution in [0.25, 0.3) is 11.3 Å². The highest BCUT2D eigenvalue weighted by Crippen LogP contribution is 2.31. The lowest BCUT2D eigenvalue weighted by Gasteiger charge is -2.18. The fourth-order valence-electron chi connectivity index (χ4n) is 2.54. The van der Waals surface area contributed by atoms with E-state index in [2.05, 4.69) is 17.1 Å². The van der Waals surface area contributed by atoms with E-state index in [0.717, 1.165) is 24.1 Å². The number of fused-ring (bicyclic) bond motifs is 1. The third kappa shape index (κ3) is 1.86. The zero-order valence-corrected chi connectivity index (χ0v) is 9.83. The summed E-state index contributed by atoms with van der Waals surface area (Å²) in [6.07, 6.45) is 3.30. The molecule has 0 bridgehead atoms. The maximum absolute atomic E-state index is 13.2. The molecular formula is C14H15FN2. The molecule has 0 saturated carbocycles. The van der Waals surface area contributed by atoms with Crippen LogP contribution in [0.3, 0.4) is 0 Å². The molecular weight excluding hydrogens is 215 g/mol. The molecule has 3 rings (SSSR count). The van der Waals surface area contributed by atoms with Gasteiger partial charge in [-0.2, -0.15) is 5.10 Å². The van der Waals surface area contributed by atoms with Gasteiger partial charge in [0.05, 0.1) is 5.69 Å². The summed E-state index contributed by atoms with van der Waals surface area (Å²) in [5.41, 5.74) is 4.29. The summed E-state index contributed by atoms with van der Waals surface area (Å²) in [5, 5.41) is 7.44. The lowest BCUT2D eigenvalue weighted by molar-refractivity contribution is 0.498. The normalized spacial score (nSPS) is 19.1. The molecule has 0 amide bonds. The third-order valence-electron chi connectivity index (χ3n) is 3.49. The van der Waals surface area contributed by atoms with Crippen molar-refractivity contribution in [2.24, 2.45) is 5.92 Å². The molecule has 1 unspecified atom stereocenters. The molecule has 2 nitrogen and oxygen atoms in total. The Kier molecular flexibility index (Phi) is 2.46. The van der Waals surface area contributed by atoms with Gasteiger partial charge in [-0.1, -0.05) is 19.1 Å². The monoisotopic (exact) mass is 230 g/mol. The van der Waals surface area contributed by atoms with E-state index < -0.39 is 0 Å². The van der Waals surface area contributed by atoms with Gasteiger partial charge in [-0.15, -0.1) is 0 Å². The number of aromatic amines is 1. The summed E-state index contributed by atoms with van der Waals surface area (Å²) in [4.78, 5) is 0. The molecule has 17 heavy (non-hydrogen) atoms. The van der Waals surface area contributed by atoms with Crippen LogP contribution in [0.5, 0.6) is 0 Å². The van der Waals surface area contributed by atoms with Crippen LogP contribution in [0.1, 0.15) is 24.6 Å². The van der Waals surface area contributed by atoms with Gasteiger partial charge in [0.25, 0.3) is 0 Å². The molecule has 1 aromatic carbocycles. The number of nitrogens with one attached hydrogen (secondary N) is 1. The number of H-pyrrole nitrogens is 1. The van der Waals surface area contributed by atoms with E-state index >= 15 is 0 Å². The summed E-state index contributed by atoms with van der Waals surface area (Å²) in [6.45, 7) is 2.26. The van der Waals surface area contributed by atoms with Gasteiger partial charge in [0.2, 0.25) is 0 Å². The van der Waals surface area contributed by atoms with Crippen LogP contribution in [0.2, 0.25) is 0 Å². The van der Waals surface area contributed by atoms with Crippen molar-refractivity contribution in [1.82, 2.24) is 10.2 Å². The largest absolute Gasteiger partial charge is 0.282 e. The molecule has 1 aromatic heterocycles. The quantitative estimate of drug-likeness (QED) is 0.799. The highest BCUT2D eigenvalue weighted by atomic mass is 19.1. The molecule has 2 aromatic rings. The van der Waals surface area contributed by atoms with E-state index in [-0.39, 0.29) is 5.82 Å². The van der Waals surface area contributed by atoms with Crippen LogP contribution in [0.15, 0.2) is 24.3 Å². The first kappa shape index (κ1) is 10.5. The van der Waals surface area contributed by atoms with E-state index in [1.54, 1.807) is 12.1 Å². The molecule has 1 N–H and O–H groups in total. The number of aryl methyl sites for hydroxylation is 1. The lowest BCUT2D eigenvalue weighted by Crippen LogP contribution is -2.10. The van der Waals surface area contributed by atoms with Crippen molar-refractivity contribution in [3.63, 3.8) is 0 Å². The maximum atomic E-state index is 13.2. The molecule has 0 spiro atoms. The second kappa shape index (κ2) is 3.99. The highest BCUT2D eigenvalue weighted by Gasteiger charge is 2.21. The minimum atomic E-state index is -0.205. The van der Waals surface area contributed by atoms with Gasteiger partial charge >= 0.3 is 0 Å². The van der Waals surface area contributed by atoms with Gasteiger partial charge in [-0.3, -0.25) is 5.10 Å². The predicted molar refractivity (Wildman–Crippen MR) is 65.2 cm³/mol. The van der Waals surface area contributed by atoms with E-state index in [1.165, 1.54) is 23.7 Å². The van der Waals surface area contributed by atoms with Gasteiger partial charge in [-0.05, 0) is 37.3 Å². The number of benzene rings is 1. The van der Waals surface area contributed by atoms with Crippen molar-refractivity contribution in [2.45, 2.75) is 26.2 Å². The number of hydrogen-bond acceptors (Lipinski definition) is 1. The second-order valence-corrected chi connectivity index (χ2v) is 4.89. The number of halogens is 1. The van der Waals surface area contributed by atoms with Gasteiger partial charge in [0.15, 0.2) is 0 Å². The zero-order valence-electron chi connectivity index (χ0n) is 9.83. The van der Waals surface area contributed by atoms with Crippen molar-refractivity contribution < 1.29 is 4.39 Å². The summed E-state index contributed by atoms with van der Waals surface area (Å²) in [5.74, 6) is 0.482.